The molecule has 3 heteroatoms. The van der Waals surface area contributed by atoms with E-state index in [0.717, 1.165) is 19.1 Å². The van der Waals surface area contributed by atoms with E-state index in [1.54, 1.807) is 6.92 Å². The molecule has 0 unspecified atom stereocenters. The normalized spacial score (nSPS) is 23.9. The smallest absolute Gasteiger partial charge is 0.219 e. The second kappa shape index (κ2) is 5.50. The van der Waals surface area contributed by atoms with Crippen molar-refractivity contribution in [3.8, 4) is 0 Å². The van der Waals surface area contributed by atoms with Crippen LogP contribution in [0.1, 0.15) is 40.0 Å². The molecule has 3 nitrogen and oxygen atoms in total. The second-order valence-corrected chi connectivity index (χ2v) is 4.48. The summed E-state index contributed by atoms with van der Waals surface area (Å²) in [6, 6.07) is 0.758. The van der Waals surface area contributed by atoms with Gasteiger partial charge in [-0.2, -0.15) is 0 Å². The zero-order valence-electron chi connectivity index (χ0n) is 9.04. The van der Waals surface area contributed by atoms with Gasteiger partial charge in [-0.05, 0) is 38.8 Å². The number of carbonyl (C=O) groups excluding carboxylic acids is 1. The number of carbonyl (C=O) groups is 1. The molecule has 15 heavy (non-hydrogen) atoms. The van der Waals surface area contributed by atoms with Crippen LogP contribution in [0.4, 0.5) is 0 Å². The van der Waals surface area contributed by atoms with Gasteiger partial charge in [0.2, 0.25) is 5.91 Å². The molecular formula is C12H24N2O. The standard InChI is InChI=1S/C11H20N2O.CH4/c1-10(14)12-8-4-11(5-9-12)13-6-2-3-7-13;/h11H,2-9H2,1H3;1H4. The molecule has 0 aromatic carbocycles. The Morgan fingerprint density at radius 1 is 1.07 bits per heavy atom. The van der Waals surface area contributed by atoms with E-state index in [1.807, 2.05) is 4.90 Å². The SMILES string of the molecule is C.CC(=O)N1CCC(N2CCCC2)CC1. The Hall–Kier alpha value is -0.570. The van der Waals surface area contributed by atoms with Crippen LogP contribution in [-0.4, -0.2) is 47.9 Å². The first-order valence-electron chi connectivity index (χ1n) is 5.77. The molecule has 0 N–H and O–H groups in total. The van der Waals surface area contributed by atoms with Crippen LogP contribution in [0, 0.1) is 0 Å². The van der Waals surface area contributed by atoms with E-state index in [1.165, 1.54) is 38.8 Å². The largest absolute Gasteiger partial charge is 0.343 e. The Bertz CT molecular complexity index is 204. The first-order chi connectivity index (χ1) is 6.77. The third-order valence-electron chi connectivity index (χ3n) is 3.57. The molecular weight excluding hydrogens is 188 g/mol. The van der Waals surface area contributed by atoms with Crippen LogP contribution >= 0.6 is 0 Å². The van der Waals surface area contributed by atoms with Crippen molar-refractivity contribution in [1.82, 2.24) is 9.80 Å². The number of likely N-dealkylation sites (tertiary alicyclic amines) is 2. The van der Waals surface area contributed by atoms with Crippen LogP contribution in [0.15, 0.2) is 0 Å². The Labute approximate surface area is 93.4 Å². The molecule has 0 bridgehead atoms. The van der Waals surface area contributed by atoms with Gasteiger partial charge in [-0.25, -0.2) is 0 Å². The summed E-state index contributed by atoms with van der Waals surface area (Å²) in [7, 11) is 0. The third kappa shape index (κ3) is 2.94. The fourth-order valence-electron chi connectivity index (χ4n) is 2.65. The van der Waals surface area contributed by atoms with Crippen LogP contribution in [0.3, 0.4) is 0 Å². The lowest BCUT2D eigenvalue weighted by Gasteiger charge is -2.36. The van der Waals surface area contributed by atoms with Gasteiger partial charge in [0.25, 0.3) is 0 Å². The van der Waals surface area contributed by atoms with Crippen molar-refractivity contribution in [3.63, 3.8) is 0 Å². The van der Waals surface area contributed by atoms with E-state index < -0.39 is 0 Å². The minimum absolute atomic E-state index is 0. The van der Waals surface area contributed by atoms with Crippen molar-refractivity contribution in [1.29, 1.82) is 0 Å². The Kier molecular flexibility index (Phi) is 4.58. The van der Waals surface area contributed by atoms with Crippen molar-refractivity contribution >= 4 is 5.91 Å². The highest BCUT2D eigenvalue weighted by Gasteiger charge is 2.26. The van der Waals surface area contributed by atoms with Crippen molar-refractivity contribution in [3.05, 3.63) is 0 Å². The number of hydrogen-bond acceptors (Lipinski definition) is 2. The maximum Gasteiger partial charge on any atom is 0.219 e. The van der Waals surface area contributed by atoms with E-state index in [0.29, 0.717) is 0 Å². The summed E-state index contributed by atoms with van der Waals surface area (Å²) >= 11 is 0. The molecule has 2 saturated heterocycles. The fourth-order valence-corrected chi connectivity index (χ4v) is 2.65. The van der Waals surface area contributed by atoms with Crippen LogP contribution in [-0.2, 0) is 4.79 Å². The molecule has 2 aliphatic heterocycles. The summed E-state index contributed by atoms with van der Waals surface area (Å²) < 4.78 is 0. The lowest BCUT2D eigenvalue weighted by atomic mass is 10.0. The molecule has 0 aromatic heterocycles. The van der Waals surface area contributed by atoms with Gasteiger partial charge in [0.15, 0.2) is 0 Å². The summed E-state index contributed by atoms with van der Waals surface area (Å²) in [5.74, 6) is 0.241. The molecule has 0 radical (unpaired) electrons. The summed E-state index contributed by atoms with van der Waals surface area (Å²) in [6.45, 7) is 6.18. The average Bonchev–Trinajstić information content (AvgIpc) is 2.71. The van der Waals surface area contributed by atoms with Gasteiger partial charge in [-0.15, -0.1) is 0 Å². The Balaban J connectivity index is 0.00000112. The van der Waals surface area contributed by atoms with Gasteiger partial charge in [-0.1, -0.05) is 7.43 Å². The van der Waals surface area contributed by atoms with Crippen molar-refractivity contribution in [2.24, 2.45) is 0 Å². The number of piperidine rings is 1. The van der Waals surface area contributed by atoms with Crippen LogP contribution < -0.4 is 0 Å². The maximum atomic E-state index is 11.1. The predicted molar refractivity (Wildman–Crippen MR) is 62.8 cm³/mol. The molecule has 2 aliphatic rings. The van der Waals surface area contributed by atoms with Crippen LogP contribution in [0.25, 0.3) is 0 Å². The van der Waals surface area contributed by atoms with Crippen LogP contribution in [0.2, 0.25) is 0 Å². The molecule has 2 fully saturated rings. The van der Waals surface area contributed by atoms with E-state index in [2.05, 4.69) is 4.90 Å². The predicted octanol–water partition coefficient (Wildman–Crippen LogP) is 1.73. The zero-order chi connectivity index (χ0) is 9.97. The quantitative estimate of drug-likeness (QED) is 0.661. The molecule has 2 rings (SSSR count). The summed E-state index contributed by atoms with van der Waals surface area (Å²) in [5.41, 5.74) is 0. The number of nitrogens with zero attached hydrogens (tertiary/aromatic N) is 2. The van der Waals surface area contributed by atoms with E-state index >= 15 is 0 Å². The monoisotopic (exact) mass is 212 g/mol. The van der Waals surface area contributed by atoms with Crippen molar-refractivity contribution < 1.29 is 4.79 Å². The molecule has 2 heterocycles. The van der Waals surface area contributed by atoms with E-state index in [9.17, 15) is 4.79 Å². The van der Waals surface area contributed by atoms with Gasteiger partial charge >= 0.3 is 0 Å². The highest BCUT2D eigenvalue weighted by Crippen LogP contribution is 2.20. The van der Waals surface area contributed by atoms with E-state index in [4.69, 9.17) is 0 Å². The fraction of sp³-hybridized carbons (Fsp3) is 0.917. The summed E-state index contributed by atoms with van der Waals surface area (Å²) in [6.07, 6.45) is 5.10. The summed E-state index contributed by atoms with van der Waals surface area (Å²) in [5, 5.41) is 0. The number of hydrogen-bond donors (Lipinski definition) is 0. The first kappa shape index (κ1) is 12.5. The first-order valence-corrected chi connectivity index (χ1v) is 5.77. The molecule has 0 aromatic rings. The van der Waals surface area contributed by atoms with Gasteiger partial charge in [-0.3, -0.25) is 4.79 Å². The Morgan fingerprint density at radius 2 is 1.60 bits per heavy atom. The maximum absolute atomic E-state index is 11.1. The van der Waals surface area contributed by atoms with Crippen molar-refractivity contribution in [2.45, 2.75) is 46.1 Å². The molecule has 0 spiro atoms. The van der Waals surface area contributed by atoms with Gasteiger partial charge in [0, 0.05) is 26.1 Å². The molecule has 0 saturated carbocycles. The third-order valence-corrected chi connectivity index (χ3v) is 3.57. The van der Waals surface area contributed by atoms with Crippen LogP contribution in [0.5, 0.6) is 0 Å². The van der Waals surface area contributed by atoms with Gasteiger partial charge in [0.05, 0.1) is 0 Å². The zero-order valence-corrected chi connectivity index (χ0v) is 9.04. The number of amides is 1. The highest BCUT2D eigenvalue weighted by molar-refractivity contribution is 5.73. The van der Waals surface area contributed by atoms with Gasteiger partial charge < -0.3 is 9.80 Å². The topological polar surface area (TPSA) is 23.6 Å². The Morgan fingerprint density at radius 3 is 2.07 bits per heavy atom. The second-order valence-electron chi connectivity index (χ2n) is 4.48. The van der Waals surface area contributed by atoms with Crippen molar-refractivity contribution in [2.75, 3.05) is 26.2 Å². The lowest BCUT2D eigenvalue weighted by Crippen LogP contribution is -2.45. The highest BCUT2D eigenvalue weighted by atomic mass is 16.2. The molecule has 0 aliphatic carbocycles. The molecule has 88 valence electrons. The average molecular weight is 212 g/mol. The number of rotatable bonds is 1. The minimum atomic E-state index is 0. The summed E-state index contributed by atoms with van der Waals surface area (Å²) in [4.78, 5) is 15.7. The lowest BCUT2D eigenvalue weighted by molar-refractivity contribution is -0.130. The minimum Gasteiger partial charge on any atom is -0.343 e. The molecule has 1 amide bonds. The van der Waals surface area contributed by atoms with E-state index in [-0.39, 0.29) is 13.3 Å². The van der Waals surface area contributed by atoms with Gasteiger partial charge in [0.1, 0.15) is 0 Å². The molecule has 0 atom stereocenters.